The summed E-state index contributed by atoms with van der Waals surface area (Å²) >= 11 is 6.17. The summed E-state index contributed by atoms with van der Waals surface area (Å²) in [6, 6.07) is 3.63. The molecule has 1 fully saturated rings. The largest absolute Gasteiger partial charge is 0.486 e. The second kappa shape index (κ2) is 5.73. The SMILES string of the molecule is NC1(C(=O)NCc2cc(Cl)c3c(c2)OCCO3)CCCC1. The first-order valence-corrected chi connectivity index (χ1v) is 7.61. The molecule has 0 spiro atoms. The molecule has 2 aliphatic rings. The lowest BCUT2D eigenvalue weighted by Crippen LogP contribution is -2.51. The van der Waals surface area contributed by atoms with Gasteiger partial charge < -0.3 is 20.5 Å². The smallest absolute Gasteiger partial charge is 0.240 e. The highest BCUT2D eigenvalue weighted by atomic mass is 35.5. The predicted molar refractivity (Wildman–Crippen MR) is 79.7 cm³/mol. The van der Waals surface area contributed by atoms with E-state index in [4.69, 9.17) is 26.8 Å². The normalized spacial score (nSPS) is 19.3. The number of benzene rings is 1. The Morgan fingerprint density at radius 2 is 2.00 bits per heavy atom. The monoisotopic (exact) mass is 310 g/mol. The number of fused-ring (bicyclic) bond motifs is 1. The van der Waals surface area contributed by atoms with E-state index in [9.17, 15) is 4.79 Å². The van der Waals surface area contributed by atoms with E-state index in [0.29, 0.717) is 36.3 Å². The van der Waals surface area contributed by atoms with Gasteiger partial charge in [-0.1, -0.05) is 24.4 Å². The maximum atomic E-state index is 12.2. The van der Waals surface area contributed by atoms with Crippen molar-refractivity contribution in [3.05, 3.63) is 22.7 Å². The van der Waals surface area contributed by atoms with Gasteiger partial charge in [0, 0.05) is 6.54 Å². The molecule has 1 aromatic carbocycles. The Morgan fingerprint density at radius 1 is 1.29 bits per heavy atom. The number of hydrogen-bond donors (Lipinski definition) is 2. The first-order valence-electron chi connectivity index (χ1n) is 7.24. The average molecular weight is 311 g/mol. The molecule has 1 aliphatic carbocycles. The topological polar surface area (TPSA) is 73.6 Å². The molecule has 1 aromatic rings. The number of hydrogen-bond acceptors (Lipinski definition) is 4. The molecular formula is C15H19ClN2O3. The van der Waals surface area contributed by atoms with Crippen LogP contribution in [0.5, 0.6) is 11.5 Å². The standard InChI is InChI=1S/C15H19ClN2O3/c16-11-7-10(8-12-13(11)21-6-5-20-12)9-18-14(19)15(17)3-1-2-4-15/h7-8H,1-6,9,17H2,(H,18,19). The lowest BCUT2D eigenvalue weighted by molar-refractivity contribution is -0.126. The Bertz CT molecular complexity index is 556. The number of rotatable bonds is 3. The molecule has 0 atom stereocenters. The van der Waals surface area contributed by atoms with Crippen LogP contribution in [0.15, 0.2) is 12.1 Å². The van der Waals surface area contributed by atoms with Gasteiger partial charge in [-0.05, 0) is 30.5 Å². The Hall–Kier alpha value is -1.46. The molecule has 3 N–H and O–H groups in total. The summed E-state index contributed by atoms with van der Waals surface area (Å²) in [7, 11) is 0. The van der Waals surface area contributed by atoms with Crippen molar-refractivity contribution in [2.24, 2.45) is 5.73 Å². The zero-order valence-electron chi connectivity index (χ0n) is 11.8. The highest BCUT2D eigenvalue weighted by Gasteiger charge is 2.36. The van der Waals surface area contributed by atoms with E-state index in [0.717, 1.165) is 31.2 Å². The van der Waals surface area contributed by atoms with E-state index >= 15 is 0 Å². The number of carbonyl (C=O) groups excluding carboxylic acids is 1. The van der Waals surface area contributed by atoms with Crippen molar-refractivity contribution < 1.29 is 14.3 Å². The van der Waals surface area contributed by atoms with Gasteiger partial charge in [0.25, 0.3) is 0 Å². The summed E-state index contributed by atoms with van der Waals surface area (Å²) in [6.45, 7) is 1.39. The fourth-order valence-electron chi connectivity index (χ4n) is 2.86. The number of ether oxygens (including phenoxy) is 2. The zero-order valence-corrected chi connectivity index (χ0v) is 12.5. The maximum Gasteiger partial charge on any atom is 0.240 e. The third-order valence-electron chi connectivity index (χ3n) is 4.06. The van der Waals surface area contributed by atoms with Gasteiger partial charge in [-0.2, -0.15) is 0 Å². The number of nitrogens with one attached hydrogen (secondary N) is 1. The predicted octanol–water partition coefficient (Wildman–Crippen LogP) is 2.00. The molecule has 21 heavy (non-hydrogen) atoms. The summed E-state index contributed by atoms with van der Waals surface area (Å²) in [4.78, 5) is 12.2. The molecule has 1 aliphatic heterocycles. The summed E-state index contributed by atoms with van der Waals surface area (Å²) in [5, 5.41) is 3.40. The number of nitrogens with two attached hydrogens (primary N) is 1. The number of amides is 1. The van der Waals surface area contributed by atoms with Crippen LogP contribution in [0, 0.1) is 0 Å². The summed E-state index contributed by atoms with van der Waals surface area (Å²) in [5.41, 5.74) is 6.29. The van der Waals surface area contributed by atoms with Crippen LogP contribution in [-0.4, -0.2) is 24.7 Å². The highest BCUT2D eigenvalue weighted by Crippen LogP contribution is 2.38. The second-order valence-corrected chi connectivity index (χ2v) is 6.05. The molecule has 6 heteroatoms. The van der Waals surface area contributed by atoms with Crippen LogP contribution >= 0.6 is 11.6 Å². The first-order chi connectivity index (χ1) is 10.1. The van der Waals surface area contributed by atoms with Crippen molar-refractivity contribution in [2.75, 3.05) is 13.2 Å². The van der Waals surface area contributed by atoms with Crippen molar-refractivity contribution in [3.8, 4) is 11.5 Å². The molecule has 114 valence electrons. The summed E-state index contributed by atoms with van der Waals surface area (Å²) in [6.07, 6.45) is 3.53. The van der Waals surface area contributed by atoms with Crippen LogP contribution in [0.2, 0.25) is 5.02 Å². The molecule has 1 heterocycles. The van der Waals surface area contributed by atoms with Crippen LogP contribution in [0.3, 0.4) is 0 Å². The third-order valence-corrected chi connectivity index (χ3v) is 4.34. The van der Waals surface area contributed by atoms with E-state index in [1.807, 2.05) is 6.07 Å². The molecule has 3 rings (SSSR count). The van der Waals surface area contributed by atoms with Crippen molar-refractivity contribution in [1.29, 1.82) is 0 Å². The lowest BCUT2D eigenvalue weighted by Gasteiger charge is -2.23. The Labute approximate surface area is 128 Å². The Balaban J connectivity index is 1.68. The van der Waals surface area contributed by atoms with Gasteiger partial charge >= 0.3 is 0 Å². The van der Waals surface area contributed by atoms with E-state index in [1.54, 1.807) is 6.07 Å². The molecule has 0 radical (unpaired) electrons. The Morgan fingerprint density at radius 3 is 2.76 bits per heavy atom. The fourth-order valence-corrected chi connectivity index (χ4v) is 3.15. The molecule has 0 unspecified atom stereocenters. The molecule has 5 nitrogen and oxygen atoms in total. The maximum absolute atomic E-state index is 12.2. The van der Waals surface area contributed by atoms with Gasteiger partial charge in [0.1, 0.15) is 13.2 Å². The van der Waals surface area contributed by atoms with Gasteiger partial charge in [-0.15, -0.1) is 0 Å². The number of halogens is 1. The van der Waals surface area contributed by atoms with Crippen LogP contribution in [0.4, 0.5) is 0 Å². The van der Waals surface area contributed by atoms with Crippen molar-refractivity contribution in [1.82, 2.24) is 5.32 Å². The van der Waals surface area contributed by atoms with E-state index < -0.39 is 5.54 Å². The average Bonchev–Trinajstić information content (AvgIpc) is 2.93. The fraction of sp³-hybridized carbons (Fsp3) is 0.533. The van der Waals surface area contributed by atoms with E-state index in [-0.39, 0.29) is 5.91 Å². The lowest BCUT2D eigenvalue weighted by atomic mass is 9.98. The minimum atomic E-state index is -0.711. The molecule has 0 bridgehead atoms. The van der Waals surface area contributed by atoms with Crippen LogP contribution < -0.4 is 20.5 Å². The quantitative estimate of drug-likeness (QED) is 0.895. The van der Waals surface area contributed by atoms with Gasteiger partial charge in [0.15, 0.2) is 11.5 Å². The van der Waals surface area contributed by atoms with Gasteiger partial charge in [0.05, 0.1) is 10.6 Å². The van der Waals surface area contributed by atoms with Gasteiger partial charge in [-0.25, -0.2) is 0 Å². The molecule has 1 saturated carbocycles. The minimum Gasteiger partial charge on any atom is -0.486 e. The summed E-state index contributed by atoms with van der Waals surface area (Å²) < 4.78 is 11.0. The van der Waals surface area contributed by atoms with Gasteiger partial charge in [0.2, 0.25) is 5.91 Å². The second-order valence-electron chi connectivity index (χ2n) is 5.65. The van der Waals surface area contributed by atoms with Crippen LogP contribution in [0.1, 0.15) is 31.2 Å². The minimum absolute atomic E-state index is 0.0917. The first kappa shape index (κ1) is 14.5. The third kappa shape index (κ3) is 2.94. The molecule has 0 saturated heterocycles. The van der Waals surface area contributed by atoms with Gasteiger partial charge in [-0.3, -0.25) is 4.79 Å². The van der Waals surface area contributed by atoms with Crippen molar-refractivity contribution >= 4 is 17.5 Å². The van der Waals surface area contributed by atoms with Crippen molar-refractivity contribution in [2.45, 2.75) is 37.8 Å². The molecule has 1 amide bonds. The number of carbonyl (C=O) groups is 1. The molecular weight excluding hydrogens is 292 g/mol. The van der Waals surface area contributed by atoms with E-state index in [2.05, 4.69) is 5.32 Å². The Kier molecular flexibility index (Phi) is 3.95. The zero-order chi connectivity index (χ0) is 14.9. The van der Waals surface area contributed by atoms with E-state index in [1.165, 1.54) is 0 Å². The van der Waals surface area contributed by atoms with Crippen LogP contribution in [-0.2, 0) is 11.3 Å². The summed E-state index contributed by atoms with van der Waals surface area (Å²) in [5.74, 6) is 1.11. The van der Waals surface area contributed by atoms with Crippen molar-refractivity contribution in [3.63, 3.8) is 0 Å². The van der Waals surface area contributed by atoms with Crippen LogP contribution in [0.25, 0.3) is 0 Å². The highest BCUT2D eigenvalue weighted by molar-refractivity contribution is 6.32. The molecule has 0 aromatic heterocycles.